The highest BCUT2D eigenvalue weighted by Gasteiger charge is 2.28. The minimum Gasteiger partial charge on any atom is -0.338 e. The van der Waals surface area contributed by atoms with Crippen molar-refractivity contribution in [3.63, 3.8) is 0 Å². The van der Waals surface area contributed by atoms with Gasteiger partial charge in [0.25, 0.3) is 0 Å². The van der Waals surface area contributed by atoms with Gasteiger partial charge in [-0.3, -0.25) is 4.90 Å². The number of hydrogen-bond acceptors (Lipinski definition) is 3. The first-order valence-corrected chi connectivity index (χ1v) is 16.3. The van der Waals surface area contributed by atoms with Crippen LogP contribution in [0.5, 0.6) is 0 Å². The number of rotatable bonds is 13. The number of amides is 2. The molecule has 1 fully saturated rings. The average molecular weight is 589 g/mol. The quantitative estimate of drug-likeness (QED) is 0.170. The van der Waals surface area contributed by atoms with Gasteiger partial charge < -0.3 is 15.5 Å². The van der Waals surface area contributed by atoms with Crippen molar-refractivity contribution in [2.45, 2.75) is 58.8 Å². The third-order valence-electron chi connectivity index (χ3n) is 8.52. The maximum absolute atomic E-state index is 13.9. The molecule has 0 aromatic heterocycles. The van der Waals surface area contributed by atoms with Crippen molar-refractivity contribution < 1.29 is 4.79 Å². The molecule has 0 unspecified atom stereocenters. The summed E-state index contributed by atoms with van der Waals surface area (Å²) in [6.45, 7) is 10.5. The molecule has 0 saturated carbocycles. The van der Waals surface area contributed by atoms with Crippen molar-refractivity contribution in [1.29, 1.82) is 0 Å². The smallest absolute Gasteiger partial charge is 0.317 e. The molecule has 4 aromatic carbocycles. The van der Waals surface area contributed by atoms with E-state index < -0.39 is 0 Å². The molecule has 1 saturated heterocycles. The summed E-state index contributed by atoms with van der Waals surface area (Å²) in [7, 11) is 0. The Hall–Kier alpha value is -3.93. The molecule has 0 bridgehead atoms. The third kappa shape index (κ3) is 9.28. The number of benzene rings is 4. The van der Waals surface area contributed by atoms with E-state index in [1.165, 1.54) is 33.4 Å². The van der Waals surface area contributed by atoms with Crippen LogP contribution in [0.1, 0.15) is 48.9 Å². The van der Waals surface area contributed by atoms with E-state index in [0.29, 0.717) is 19.0 Å². The van der Waals surface area contributed by atoms with E-state index in [1.807, 2.05) is 6.07 Å². The van der Waals surface area contributed by atoms with Crippen LogP contribution in [-0.2, 0) is 26.1 Å². The Labute approximate surface area is 264 Å². The van der Waals surface area contributed by atoms with Gasteiger partial charge in [0.15, 0.2) is 0 Å². The highest BCUT2D eigenvalue weighted by atomic mass is 16.2. The van der Waals surface area contributed by atoms with Crippen LogP contribution >= 0.6 is 0 Å². The minimum atomic E-state index is 0.0314. The highest BCUT2D eigenvalue weighted by Crippen LogP contribution is 2.28. The van der Waals surface area contributed by atoms with E-state index in [9.17, 15) is 4.79 Å². The Morgan fingerprint density at radius 2 is 1.48 bits per heavy atom. The summed E-state index contributed by atoms with van der Waals surface area (Å²) in [6.07, 6.45) is 2.76. The summed E-state index contributed by atoms with van der Waals surface area (Å²) in [5.41, 5.74) is 7.44. The largest absolute Gasteiger partial charge is 0.338 e. The molecule has 44 heavy (non-hydrogen) atoms. The molecule has 4 aromatic rings. The van der Waals surface area contributed by atoms with E-state index in [4.69, 9.17) is 0 Å². The molecular formula is C39H48N4O. The van der Waals surface area contributed by atoms with Gasteiger partial charge in [0.1, 0.15) is 0 Å². The van der Waals surface area contributed by atoms with Crippen LogP contribution in [0.3, 0.4) is 0 Å². The van der Waals surface area contributed by atoms with Gasteiger partial charge in [-0.05, 0) is 71.2 Å². The minimum absolute atomic E-state index is 0.0314. The van der Waals surface area contributed by atoms with Gasteiger partial charge in [-0.1, -0.05) is 117 Å². The van der Waals surface area contributed by atoms with Crippen molar-refractivity contribution >= 4 is 6.03 Å². The Balaban J connectivity index is 1.31. The average Bonchev–Trinajstić information content (AvgIpc) is 3.05. The highest BCUT2D eigenvalue weighted by molar-refractivity contribution is 5.75. The zero-order valence-corrected chi connectivity index (χ0v) is 26.4. The molecule has 2 amide bonds. The first kappa shape index (κ1) is 31.5. The summed E-state index contributed by atoms with van der Waals surface area (Å²) in [5.74, 6) is 0.619. The molecule has 1 aliphatic rings. The van der Waals surface area contributed by atoms with Gasteiger partial charge in [0.2, 0.25) is 0 Å². The molecule has 5 rings (SSSR count). The predicted octanol–water partition coefficient (Wildman–Crippen LogP) is 7.52. The second-order valence-corrected chi connectivity index (χ2v) is 12.5. The lowest BCUT2D eigenvalue weighted by molar-refractivity contribution is 0.113. The molecule has 1 heterocycles. The molecular weight excluding hydrogens is 540 g/mol. The van der Waals surface area contributed by atoms with Crippen LogP contribution in [0, 0.1) is 5.92 Å². The van der Waals surface area contributed by atoms with E-state index in [-0.39, 0.29) is 12.1 Å². The zero-order valence-electron chi connectivity index (χ0n) is 26.4. The van der Waals surface area contributed by atoms with Gasteiger partial charge in [-0.25, -0.2) is 4.79 Å². The molecule has 0 spiro atoms. The number of piperidine rings is 1. The normalized spacial score (nSPS) is 14.1. The van der Waals surface area contributed by atoms with Gasteiger partial charge in [0.05, 0.1) is 0 Å². The fourth-order valence-corrected chi connectivity index (χ4v) is 6.13. The molecule has 230 valence electrons. The number of hydrogen-bond donors (Lipinski definition) is 2. The number of nitrogens with zero attached hydrogens (tertiary/aromatic N) is 2. The zero-order chi connectivity index (χ0) is 30.6. The monoisotopic (exact) mass is 588 g/mol. The topological polar surface area (TPSA) is 47.6 Å². The fraction of sp³-hybridized carbons (Fsp3) is 0.359. The van der Waals surface area contributed by atoms with Crippen LogP contribution in [0.25, 0.3) is 11.1 Å². The van der Waals surface area contributed by atoms with E-state index in [0.717, 1.165) is 52.0 Å². The Bertz CT molecular complexity index is 1430. The Kier molecular flexibility index (Phi) is 11.6. The van der Waals surface area contributed by atoms with Crippen LogP contribution in [-0.4, -0.2) is 48.1 Å². The molecule has 0 aliphatic carbocycles. The summed E-state index contributed by atoms with van der Waals surface area (Å²) >= 11 is 0. The first-order chi connectivity index (χ1) is 21.5. The number of likely N-dealkylation sites (tertiary alicyclic amines) is 1. The van der Waals surface area contributed by atoms with Gasteiger partial charge in [-0.2, -0.15) is 0 Å². The van der Waals surface area contributed by atoms with Gasteiger partial charge in [-0.15, -0.1) is 0 Å². The summed E-state index contributed by atoms with van der Waals surface area (Å²) < 4.78 is 0. The van der Waals surface area contributed by atoms with Crippen molar-refractivity contribution in [3.05, 3.63) is 131 Å². The fourth-order valence-electron chi connectivity index (χ4n) is 6.13. The molecule has 0 atom stereocenters. The van der Waals surface area contributed by atoms with E-state index >= 15 is 0 Å². The van der Waals surface area contributed by atoms with Crippen LogP contribution in [0.2, 0.25) is 0 Å². The Morgan fingerprint density at radius 1 is 0.818 bits per heavy atom. The number of carbonyl (C=O) groups is 1. The van der Waals surface area contributed by atoms with Crippen molar-refractivity contribution in [2.75, 3.05) is 26.2 Å². The van der Waals surface area contributed by atoms with Crippen LogP contribution in [0.4, 0.5) is 4.79 Å². The van der Waals surface area contributed by atoms with Gasteiger partial charge >= 0.3 is 6.03 Å². The third-order valence-corrected chi connectivity index (χ3v) is 8.52. The molecule has 5 heteroatoms. The number of nitrogens with one attached hydrogen (secondary N) is 2. The lowest BCUT2D eigenvalue weighted by Gasteiger charge is -2.39. The lowest BCUT2D eigenvalue weighted by atomic mass is 9.96. The summed E-state index contributed by atoms with van der Waals surface area (Å²) in [4.78, 5) is 18.5. The van der Waals surface area contributed by atoms with Crippen LogP contribution < -0.4 is 10.6 Å². The number of carbonyl (C=O) groups excluding carboxylic acids is 1. The maximum Gasteiger partial charge on any atom is 0.317 e. The second-order valence-electron chi connectivity index (χ2n) is 12.5. The van der Waals surface area contributed by atoms with Crippen LogP contribution in [0.15, 0.2) is 109 Å². The van der Waals surface area contributed by atoms with Crippen molar-refractivity contribution in [1.82, 2.24) is 20.4 Å². The van der Waals surface area contributed by atoms with Crippen molar-refractivity contribution in [2.24, 2.45) is 5.92 Å². The van der Waals surface area contributed by atoms with E-state index in [2.05, 4.69) is 137 Å². The molecule has 0 radical (unpaired) electrons. The predicted molar refractivity (Wildman–Crippen MR) is 182 cm³/mol. The standard InChI is InChI=1S/C39H48N4O/c1-31(2)27-40-28-34-16-11-18-35(26-34)38-19-10-9-17-36(38)30-43(39(44)41-23-20-32-12-5-3-6-13-32)37-21-24-42(25-22-37)29-33-14-7-4-8-15-33/h3-19,26,31,37,40H,20-25,27-30H2,1-2H3,(H,41,44). The van der Waals surface area contributed by atoms with E-state index in [1.54, 1.807) is 0 Å². The molecule has 5 nitrogen and oxygen atoms in total. The number of urea groups is 1. The first-order valence-electron chi connectivity index (χ1n) is 16.3. The lowest BCUT2D eigenvalue weighted by Crippen LogP contribution is -2.50. The summed E-state index contributed by atoms with van der Waals surface area (Å²) in [5, 5.41) is 6.84. The van der Waals surface area contributed by atoms with Crippen molar-refractivity contribution in [3.8, 4) is 11.1 Å². The summed E-state index contributed by atoms with van der Waals surface area (Å²) in [6, 6.07) is 38.7. The van der Waals surface area contributed by atoms with Gasteiger partial charge in [0, 0.05) is 45.3 Å². The molecule has 2 N–H and O–H groups in total. The Morgan fingerprint density at radius 3 is 2.20 bits per heavy atom. The SMILES string of the molecule is CC(C)CNCc1cccc(-c2ccccc2CN(C(=O)NCCc2ccccc2)C2CCN(Cc3ccccc3)CC2)c1. The maximum atomic E-state index is 13.9. The second kappa shape index (κ2) is 16.2. The molecule has 1 aliphatic heterocycles.